The Balaban J connectivity index is 1.86. The van der Waals surface area contributed by atoms with Crippen LogP contribution < -0.4 is 20.5 Å². The minimum atomic E-state index is -1.14. The lowest BCUT2D eigenvalue weighted by Crippen LogP contribution is -2.46. The van der Waals surface area contributed by atoms with E-state index in [0.29, 0.717) is 22.6 Å². The number of ether oxygens (including phenoxy) is 2. The molecule has 0 spiro atoms. The topological polar surface area (TPSA) is 124 Å². The van der Waals surface area contributed by atoms with E-state index in [1.807, 2.05) is 25.1 Å². The summed E-state index contributed by atoms with van der Waals surface area (Å²) in [6.07, 6.45) is 1.64. The summed E-state index contributed by atoms with van der Waals surface area (Å²) in [6, 6.07) is 7.98. The summed E-state index contributed by atoms with van der Waals surface area (Å²) in [7, 11) is 1.54. The van der Waals surface area contributed by atoms with Crippen molar-refractivity contribution in [2.75, 3.05) is 13.7 Å². The molecule has 0 saturated heterocycles. The molecule has 152 valence electrons. The molecule has 1 atom stereocenters. The van der Waals surface area contributed by atoms with E-state index in [4.69, 9.17) is 15.2 Å². The van der Waals surface area contributed by atoms with Gasteiger partial charge in [-0.15, -0.1) is 11.3 Å². The van der Waals surface area contributed by atoms with E-state index in [1.165, 1.54) is 11.3 Å². The van der Waals surface area contributed by atoms with Crippen molar-refractivity contribution in [3.05, 3.63) is 52.5 Å². The molecule has 0 fully saturated rings. The molecule has 0 aliphatic carbocycles. The number of aromatic nitrogens is 1. The molecule has 2 aromatic heterocycles. The number of nitrogens with one attached hydrogen (secondary N) is 1. The van der Waals surface area contributed by atoms with Gasteiger partial charge in [0.15, 0.2) is 0 Å². The van der Waals surface area contributed by atoms with Crippen LogP contribution in [0, 0.1) is 6.92 Å². The zero-order chi connectivity index (χ0) is 21.0. The lowest BCUT2D eigenvalue weighted by molar-refractivity contribution is -0.120. The summed E-state index contributed by atoms with van der Waals surface area (Å²) in [5.74, 6) is -0.212. The Morgan fingerprint density at radius 3 is 2.83 bits per heavy atom. The number of fused-ring (bicyclic) bond motifs is 1. The summed E-state index contributed by atoms with van der Waals surface area (Å²) in [4.78, 5) is 28.9. The number of nitrogens with zero attached hydrogens (tertiary/aromatic N) is 1. The van der Waals surface area contributed by atoms with Gasteiger partial charge in [0.25, 0.3) is 5.91 Å². The number of aliphatic hydroxyl groups is 1. The van der Waals surface area contributed by atoms with Gasteiger partial charge in [-0.2, -0.15) is 0 Å². The van der Waals surface area contributed by atoms with Gasteiger partial charge in [0.05, 0.1) is 24.8 Å². The largest absolute Gasteiger partial charge is 0.489 e. The average molecular weight is 415 g/mol. The summed E-state index contributed by atoms with van der Waals surface area (Å²) in [5, 5.41) is 12.4. The summed E-state index contributed by atoms with van der Waals surface area (Å²) in [5.41, 5.74) is 6.41. The van der Waals surface area contributed by atoms with Gasteiger partial charge in [-0.05, 0) is 37.3 Å². The molecule has 0 aliphatic rings. The molecule has 0 saturated carbocycles. The molecule has 3 aromatic rings. The highest BCUT2D eigenvalue weighted by molar-refractivity contribution is 7.19. The Labute approximate surface area is 171 Å². The van der Waals surface area contributed by atoms with Crippen LogP contribution in [0.3, 0.4) is 0 Å². The van der Waals surface area contributed by atoms with Gasteiger partial charge >= 0.3 is 0 Å². The van der Waals surface area contributed by atoms with Gasteiger partial charge in [-0.1, -0.05) is 0 Å². The third kappa shape index (κ3) is 4.47. The molecule has 2 heterocycles. The van der Waals surface area contributed by atoms with Crippen LogP contribution in [0.5, 0.6) is 11.6 Å². The zero-order valence-electron chi connectivity index (χ0n) is 16.0. The maximum atomic E-state index is 12.7. The molecule has 1 aromatic carbocycles. The first-order valence-corrected chi connectivity index (χ1v) is 9.61. The first kappa shape index (κ1) is 20.6. The van der Waals surface area contributed by atoms with Crippen LogP contribution in [-0.2, 0) is 11.4 Å². The Morgan fingerprint density at radius 2 is 2.14 bits per heavy atom. The molecule has 8 nitrogen and oxygen atoms in total. The number of hydrogen-bond acceptors (Lipinski definition) is 7. The van der Waals surface area contributed by atoms with Crippen LogP contribution in [0.2, 0.25) is 0 Å². The smallest absolute Gasteiger partial charge is 0.253 e. The van der Waals surface area contributed by atoms with E-state index in [2.05, 4.69) is 10.3 Å². The van der Waals surface area contributed by atoms with Crippen molar-refractivity contribution in [1.29, 1.82) is 0 Å². The molecule has 0 bridgehead atoms. The summed E-state index contributed by atoms with van der Waals surface area (Å²) in [6.45, 7) is 1.50. The lowest BCUT2D eigenvalue weighted by Gasteiger charge is -2.13. The van der Waals surface area contributed by atoms with Crippen LogP contribution in [-0.4, -0.2) is 41.7 Å². The molecule has 4 N–H and O–H groups in total. The van der Waals surface area contributed by atoms with E-state index in [-0.39, 0.29) is 6.61 Å². The number of aliphatic hydroxyl groups excluding tert-OH is 1. The summed E-state index contributed by atoms with van der Waals surface area (Å²) < 4.78 is 12.0. The number of benzene rings is 1. The number of primary amides is 1. The predicted octanol–water partition coefficient (Wildman–Crippen LogP) is 1.77. The molecule has 29 heavy (non-hydrogen) atoms. The van der Waals surface area contributed by atoms with Crippen LogP contribution in [0.25, 0.3) is 10.1 Å². The van der Waals surface area contributed by atoms with Crippen molar-refractivity contribution < 1.29 is 24.2 Å². The van der Waals surface area contributed by atoms with Crippen molar-refractivity contribution in [1.82, 2.24) is 10.3 Å². The molecule has 1 unspecified atom stereocenters. The molecule has 3 rings (SSSR count). The number of aryl methyl sites for hydroxylation is 1. The van der Waals surface area contributed by atoms with Gasteiger partial charge in [0.2, 0.25) is 11.8 Å². The number of thiophene rings is 1. The fraction of sp³-hybridized carbons (Fsp3) is 0.250. The molecule has 9 heteroatoms. The summed E-state index contributed by atoms with van der Waals surface area (Å²) >= 11 is 1.45. The number of carbonyl (C=O) groups excluding carboxylic acids is 2. The monoisotopic (exact) mass is 415 g/mol. The number of methoxy groups -OCH3 is 1. The zero-order valence-corrected chi connectivity index (χ0v) is 16.8. The second-order valence-corrected chi connectivity index (χ2v) is 7.52. The normalized spacial score (nSPS) is 11.8. The minimum absolute atomic E-state index is 0.251. The van der Waals surface area contributed by atoms with E-state index in [9.17, 15) is 14.7 Å². The van der Waals surface area contributed by atoms with E-state index in [1.54, 1.807) is 25.4 Å². The Bertz CT molecular complexity index is 1050. The van der Waals surface area contributed by atoms with Crippen molar-refractivity contribution in [2.24, 2.45) is 5.73 Å². The maximum Gasteiger partial charge on any atom is 0.253 e. The number of pyridine rings is 1. The molecular formula is C20H21N3O5S. The van der Waals surface area contributed by atoms with Crippen molar-refractivity contribution in [3.8, 4) is 11.6 Å². The van der Waals surface area contributed by atoms with E-state index >= 15 is 0 Å². The molecule has 2 amide bonds. The second kappa shape index (κ2) is 8.89. The molecule has 0 radical (unpaired) electrons. The maximum absolute atomic E-state index is 12.7. The van der Waals surface area contributed by atoms with Gasteiger partial charge in [0.1, 0.15) is 18.4 Å². The first-order chi connectivity index (χ1) is 13.9. The van der Waals surface area contributed by atoms with Crippen molar-refractivity contribution in [3.63, 3.8) is 0 Å². The fourth-order valence-corrected chi connectivity index (χ4v) is 3.93. The third-order valence-corrected chi connectivity index (χ3v) is 5.42. The van der Waals surface area contributed by atoms with Gasteiger partial charge in [-0.25, -0.2) is 4.98 Å². The third-order valence-electron chi connectivity index (χ3n) is 4.33. The highest BCUT2D eigenvalue weighted by atomic mass is 32.1. The number of carbonyl (C=O) groups is 2. The van der Waals surface area contributed by atoms with Gasteiger partial charge < -0.3 is 25.6 Å². The van der Waals surface area contributed by atoms with Crippen LogP contribution in [0.4, 0.5) is 0 Å². The van der Waals surface area contributed by atoms with Crippen LogP contribution in [0.15, 0.2) is 36.5 Å². The van der Waals surface area contributed by atoms with Crippen molar-refractivity contribution >= 4 is 33.2 Å². The standard InChI is InChI=1S/C20H21N3O5S/c1-11-17(19(26)23-15(9-24)18(21)25)14-8-13(5-6-16(14)29-11)28-10-12-4-3-7-22-20(12)27-2/h3-8,15,24H,9-10H2,1-2H3,(H2,21,25)(H,23,26). The number of amides is 2. The Kier molecular flexibility index (Phi) is 6.30. The number of hydrogen-bond donors (Lipinski definition) is 3. The fourth-order valence-electron chi connectivity index (χ4n) is 2.89. The highest BCUT2D eigenvalue weighted by Crippen LogP contribution is 2.34. The Morgan fingerprint density at radius 1 is 1.34 bits per heavy atom. The highest BCUT2D eigenvalue weighted by Gasteiger charge is 2.22. The average Bonchev–Trinajstić information content (AvgIpc) is 3.05. The van der Waals surface area contributed by atoms with E-state index in [0.717, 1.165) is 15.1 Å². The quantitative estimate of drug-likeness (QED) is 0.515. The molecule has 0 aliphatic heterocycles. The number of rotatable bonds is 8. The van der Waals surface area contributed by atoms with E-state index < -0.39 is 24.5 Å². The van der Waals surface area contributed by atoms with Crippen LogP contribution in [0.1, 0.15) is 20.8 Å². The van der Waals surface area contributed by atoms with Crippen molar-refractivity contribution in [2.45, 2.75) is 19.6 Å². The first-order valence-electron chi connectivity index (χ1n) is 8.79. The van der Waals surface area contributed by atoms with Gasteiger partial charge in [0, 0.05) is 21.2 Å². The lowest BCUT2D eigenvalue weighted by atomic mass is 10.1. The van der Waals surface area contributed by atoms with Crippen LogP contribution >= 0.6 is 11.3 Å². The predicted molar refractivity (Wildman–Crippen MR) is 109 cm³/mol. The van der Waals surface area contributed by atoms with Gasteiger partial charge in [-0.3, -0.25) is 9.59 Å². The second-order valence-electron chi connectivity index (χ2n) is 6.26. The minimum Gasteiger partial charge on any atom is -0.489 e. The molecular weight excluding hydrogens is 394 g/mol. The SMILES string of the molecule is COc1ncccc1COc1ccc2sc(C)c(C(=O)NC(CO)C(N)=O)c2c1. The Hall–Kier alpha value is -3.17. The number of nitrogens with two attached hydrogens (primary N) is 1.